The van der Waals surface area contributed by atoms with Crippen LogP contribution < -0.4 is 0 Å². The number of carbonyl (C=O) groups excluding carboxylic acids is 4. The number of thioether (sulfide) groups is 1. The van der Waals surface area contributed by atoms with Gasteiger partial charge in [-0.2, -0.15) is 0 Å². The molecule has 1 aromatic heterocycles. The third kappa shape index (κ3) is 5.43. The highest BCUT2D eigenvalue weighted by Gasteiger charge is 2.36. The van der Waals surface area contributed by atoms with Crippen LogP contribution in [0.1, 0.15) is 35.9 Å². The summed E-state index contributed by atoms with van der Waals surface area (Å²) in [6.45, 7) is 1.98. The molecule has 0 bridgehead atoms. The fourth-order valence-corrected chi connectivity index (χ4v) is 3.53. The van der Waals surface area contributed by atoms with Gasteiger partial charge in [0.15, 0.2) is 0 Å². The minimum absolute atomic E-state index is 0.153. The molecule has 162 valence electrons. The molecule has 2 heterocycles. The van der Waals surface area contributed by atoms with Gasteiger partial charge < -0.3 is 13.9 Å². The molecule has 2 aromatic rings. The van der Waals surface area contributed by atoms with E-state index in [-0.39, 0.29) is 10.9 Å². The van der Waals surface area contributed by atoms with E-state index in [2.05, 4.69) is 4.74 Å². The molecule has 2 amide bonds. The Morgan fingerprint density at radius 2 is 1.87 bits per heavy atom. The number of esters is 2. The van der Waals surface area contributed by atoms with Crippen molar-refractivity contribution in [2.75, 3.05) is 20.3 Å². The number of benzene rings is 1. The zero-order valence-corrected chi connectivity index (χ0v) is 17.9. The van der Waals surface area contributed by atoms with Crippen molar-refractivity contribution in [2.24, 2.45) is 0 Å². The molecule has 1 aliphatic rings. The topological polar surface area (TPSA) is 103 Å². The number of furan rings is 1. The van der Waals surface area contributed by atoms with Crippen molar-refractivity contribution in [3.63, 3.8) is 0 Å². The van der Waals surface area contributed by atoms with Crippen LogP contribution in [0.3, 0.4) is 0 Å². The van der Waals surface area contributed by atoms with Gasteiger partial charge in [0, 0.05) is 11.6 Å². The average Bonchev–Trinajstić information content (AvgIpc) is 3.34. The van der Waals surface area contributed by atoms with E-state index in [9.17, 15) is 19.2 Å². The highest BCUT2D eigenvalue weighted by Crippen LogP contribution is 2.33. The normalized spacial score (nSPS) is 14.9. The maximum Gasteiger partial charge on any atom is 0.338 e. The smallest absolute Gasteiger partial charge is 0.338 e. The van der Waals surface area contributed by atoms with Gasteiger partial charge in [-0.15, -0.1) is 0 Å². The Morgan fingerprint density at radius 3 is 2.55 bits per heavy atom. The summed E-state index contributed by atoms with van der Waals surface area (Å²) in [5.41, 5.74) is 1.19. The fraction of sp³-hybridized carbons (Fsp3) is 0.273. The van der Waals surface area contributed by atoms with Gasteiger partial charge in [0.25, 0.3) is 11.1 Å². The number of ether oxygens (including phenoxy) is 2. The molecular weight excluding hydrogens is 422 g/mol. The largest absolute Gasteiger partial charge is 0.468 e. The first-order valence-corrected chi connectivity index (χ1v) is 10.4. The summed E-state index contributed by atoms with van der Waals surface area (Å²) in [4.78, 5) is 48.7. The molecule has 8 nitrogen and oxygen atoms in total. The Bertz CT molecular complexity index is 1020. The molecule has 1 fully saturated rings. The van der Waals surface area contributed by atoms with E-state index in [1.54, 1.807) is 36.4 Å². The summed E-state index contributed by atoms with van der Waals surface area (Å²) in [5, 5.41) is -0.546. The van der Waals surface area contributed by atoms with Crippen molar-refractivity contribution in [3.05, 3.63) is 52.6 Å². The molecule has 9 heteroatoms. The van der Waals surface area contributed by atoms with Gasteiger partial charge in [-0.3, -0.25) is 19.3 Å². The van der Waals surface area contributed by atoms with Crippen molar-refractivity contribution < 1.29 is 33.1 Å². The van der Waals surface area contributed by atoms with Gasteiger partial charge in [0.2, 0.25) is 0 Å². The van der Waals surface area contributed by atoms with Crippen molar-refractivity contribution >= 4 is 40.9 Å². The van der Waals surface area contributed by atoms with Crippen LogP contribution in [-0.4, -0.2) is 48.2 Å². The van der Waals surface area contributed by atoms with Crippen LogP contribution in [0.15, 0.2) is 45.7 Å². The van der Waals surface area contributed by atoms with Crippen LogP contribution in [0.4, 0.5) is 4.79 Å². The maximum absolute atomic E-state index is 12.4. The lowest BCUT2D eigenvalue weighted by Gasteiger charge is -2.09. The van der Waals surface area contributed by atoms with Crippen molar-refractivity contribution in [3.8, 4) is 11.3 Å². The van der Waals surface area contributed by atoms with Gasteiger partial charge in [-0.1, -0.05) is 25.5 Å². The van der Waals surface area contributed by atoms with E-state index >= 15 is 0 Å². The molecule has 0 saturated carbocycles. The first kappa shape index (κ1) is 22.4. The highest BCUT2D eigenvalue weighted by molar-refractivity contribution is 8.18. The Labute approximate surface area is 183 Å². The number of methoxy groups -OCH3 is 1. The van der Waals surface area contributed by atoms with Crippen molar-refractivity contribution in [1.29, 1.82) is 0 Å². The van der Waals surface area contributed by atoms with E-state index in [0.717, 1.165) is 35.1 Å². The van der Waals surface area contributed by atoms with Crippen LogP contribution in [0.25, 0.3) is 17.4 Å². The second-order valence-electron chi connectivity index (χ2n) is 6.61. The molecule has 0 atom stereocenters. The molecule has 0 spiro atoms. The SMILES string of the molecule is CCCCOC(=O)c1ccc(-c2ccc(/C=C3\SC(=O)N(CC(=O)OC)C3=O)o2)cc1. The highest BCUT2D eigenvalue weighted by atomic mass is 32.2. The molecule has 3 rings (SSSR count). The molecule has 0 unspecified atom stereocenters. The summed E-state index contributed by atoms with van der Waals surface area (Å²) in [6.07, 6.45) is 3.22. The van der Waals surface area contributed by atoms with Gasteiger partial charge in [0.05, 0.1) is 24.2 Å². The van der Waals surface area contributed by atoms with Gasteiger partial charge in [0.1, 0.15) is 18.1 Å². The van der Waals surface area contributed by atoms with Crippen molar-refractivity contribution in [1.82, 2.24) is 4.90 Å². The van der Waals surface area contributed by atoms with Crippen molar-refractivity contribution in [2.45, 2.75) is 19.8 Å². The molecular formula is C22H21NO7S. The molecule has 1 saturated heterocycles. The van der Waals surface area contributed by atoms with Gasteiger partial charge in [-0.25, -0.2) is 4.79 Å². The summed E-state index contributed by atoms with van der Waals surface area (Å²) < 4.78 is 15.4. The van der Waals surface area contributed by atoms with Gasteiger partial charge in [-0.05, 0) is 42.4 Å². The number of unbranched alkanes of at least 4 members (excludes halogenated alkanes) is 1. The predicted octanol–water partition coefficient (Wildman–Crippen LogP) is 4.11. The third-order valence-corrected chi connectivity index (χ3v) is 5.33. The number of rotatable bonds is 8. The number of nitrogens with zero attached hydrogens (tertiary/aromatic N) is 1. The molecule has 1 aliphatic heterocycles. The van der Waals surface area contributed by atoms with Crippen LogP contribution in [0, 0.1) is 0 Å². The second-order valence-corrected chi connectivity index (χ2v) is 7.61. The summed E-state index contributed by atoms with van der Waals surface area (Å²) in [6, 6.07) is 10.2. The number of imide groups is 1. The van der Waals surface area contributed by atoms with E-state index in [1.807, 2.05) is 6.92 Å². The second kappa shape index (κ2) is 10.1. The fourth-order valence-electron chi connectivity index (χ4n) is 2.71. The molecule has 0 N–H and O–H groups in total. The lowest BCUT2D eigenvalue weighted by molar-refractivity contribution is -0.143. The zero-order valence-electron chi connectivity index (χ0n) is 17.1. The zero-order chi connectivity index (χ0) is 22.4. The Hall–Kier alpha value is -3.33. The number of carbonyl (C=O) groups is 4. The Kier molecular flexibility index (Phi) is 7.30. The molecule has 1 aromatic carbocycles. The van der Waals surface area contributed by atoms with Crippen LogP contribution in [-0.2, 0) is 19.1 Å². The molecule has 0 radical (unpaired) electrons. The first-order chi connectivity index (χ1) is 14.9. The Balaban J connectivity index is 1.69. The van der Waals surface area contributed by atoms with E-state index in [1.165, 1.54) is 13.2 Å². The van der Waals surface area contributed by atoms with Crippen LogP contribution in [0.2, 0.25) is 0 Å². The number of amides is 2. The number of hydrogen-bond donors (Lipinski definition) is 0. The van der Waals surface area contributed by atoms with E-state index in [4.69, 9.17) is 9.15 Å². The predicted molar refractivity (Wildman–Crippen MR) is 114 cm³/mol. The minimum Gasteiger partial charge on any atom is -0.468 e. The quantitative estimate of drug-likeness (QED) is 0.341. The summed E-state index contributed by atoms with van der Waals surface area (Å²) in [7, 11) is 1.18. The van der Waals surface area contributed by atoms with E-state index < -0.39 is 23.7 Å². The van der Waals surface area contributed by atoms with Crippen LogP contribution >= 0.6 is 11.8 Å². The van der Waals surface area contributed by atoms with E-state index in [0.29, 0.717) is 23.7 Å². The maximum atomic E-state index is 12.4. The minimum atomic E-state index is -0.679. The first-order valence-electron chi connectivity index (χ1n) is 9.62. The summed E-state index contributed by atoms with van der Waals surface area (Å²) >= 11 is 0.727. The monoisotopic (exact) mass is 443 g/mol. The lowest BCUT2D eigenvalue weighted by Crippen LogP contribution is -2.34. The Morgan fingerprint density at radius 1 is 1.13 bits per heavy atom. The molecule has 31 heavy (non-hydrogen) atoms. The summed E-state index contributed by atoms with van der Waals surface area (Å²) in [5.74, 6) is -0.721. The lowest BCUT2D eigenvalue weighted by atomic mass is 10.1. The average molecular weight is 443 g/mol. The molecule has 0 aliphatic carbocycles. The van der Waals surface area contributed by atoms with Crippen LogP contribution in [0.5, 0.6) is 0 Å². The third-order valence-electron chi connectivity index (χ3n) is 4.42. The standard InChI is InChI=1S/C22H21NO7S/c1-3-4-11-29-21(26)15-7-5-14(6-8-15)17-10-9-16(30-17)12-18-20(25)23(22(27)31-18)13-19(24)28-2/h5-10,12H,3-4,11,13H2,1-2H3/b18-12-. The number of hydrogen-bond acceptors (Lipinski definition) is 8. The van der Waals surface area contributed by atoms with Gasteiger partial charge >= 0.3 is 11.9 Å².